The van der Waals surface area contributed by atoms with E-state index in [-0.39, 0.29) is 10.9 Å². The molecule has 26 heavy (non-hydrogen) atoms. The minimum absolute atomic E-state index is 0.113. The smallest absolute Gasteiger partial charge is 0.293 e. The Morgan fingerprint density at radius 2 is 2.00 bits per heavy atom. The number of hydrogen-bond donors (Lipinski definition) is 2. The van der Waals surface area contributed by atoms with Crippen LogP contribution in [0.1, 0.15) is 16.1 Å². The van der Waals surface area contributed by atoms with Crippen LogP contribution in [0.5, 0.6) is 0 Å². The summed E-state index contributed by atoms with van der Waals surface area (Å²) in [6.45, 7) is 0.453. The van der Waals surface area contributed by atoms with Crippen molar-refractivity contribution in [3.63, 3.8) is 0 Å². The van der Waals surface area contributed by atoms with Crippen LogP contribution in [0.4, 0.5) is 0 Å². The first-order valence-corrected chi connectivity index (χ1v) is 8.73. The highest BCUT2D eigenvalue weighted by Gasteiger charge is 2.16. The molecule has 0 aliphatic rings. The molecule has 5 nitrogen and oxygen atoms in total. The Balaban J connectivity index is 1.63. The molecular weight excluding hydrogens is 393 g/mol. The van der Waals surface area contributed by atoms with Gasteiger partial charge in [-0.2, -0.15) is 0 Å². The average Bonchev–Trinajstić information content (AvgIpc) is 3.13. The van der Waals surface area contributed by atoms with Gasteiger partial charge in [0.25, 0.3) is 5.91 Å². The number of pyridine rings is 1. The number of thiocarbonyl (C=S) groups is 1. The number of nitrogens with zero attached hydrogens (tertiary/aromatic N) is 1. The molecule has 0 atom stereocenters. The molecule has 2 N–H and O–H groups in total. The van der Waals surface area contributed by atoms with Crippen LogP contribution in [-0.2, 0) is 6.54 Å². The van der Waals surface area contributed by atoms with E-state index in [2.05, 4.69) is 15.6 Å². The van der Waals surface area contributed by atoms with E-state index in [0.717, 1.165) is 5.56 Å². The molecular formula is C18H13Cl2N3O2S. The van der Waals surface area contributed by atoms with E-state index in [9.17, 15) is 4.79 Å². The molecule has 1 aromatic carbocycles. The van der Waals surface area contributed by atoms with E-state index < -0.39 is 5.91 Å². The Labute approximate surface area is 165 Å². The third-order valence-electron chi connectivity index (χ3n) is 3.45. The van der Waals surface area contributed by atoms with Crippen LogP contribution in [0.3, 0.4) is 0 Å². The molecule has 0 saturated carbocycles. The first kappa shape index (κ1) is 18.4. The van der Waals surface area contributed by atoms with Crippen molar-refractivity contribution in [2.45, 2.75) is 6.54 Å². The van der Waals surface area contributed by atoms with E-state index in [1.165, 1.54) is 0 Å². The summed E-state index contributed by atoms with van der Waals surface area (Å²) >= 11 is 17.3. The molecule has 132 valence electrons. The maximum atomic E-state index is 12.3. The van der Waals surface area contributed by atoms with Gasteiger partial charge >= 0.3 is 0 Å². The molecule has 3 rings (SSSR count). The molecule has 2 aromatic heterocycles. The normalized spacial score (nSPS) is 10.4. The van der Waals surface area contributed by atoms with Gasteiger partial charge in [-0.15, -0.1) is 0 Å². The highest BCUT2D eigenvalue weighted by molar-refractivity contribution is 7.80. The SMILES string of the molecule is O=C(NC(=S)NCc1cccnc1)c1ccc(-c2cccc(Cl)c2Cl)o1. The number of amides is 1. The number of furan rings is 1. The third-order valence-corrected chi connectivity index (χ3v) is 4.52. The summed E-state index contributed by atoms with van der Waals surface area (Å²) in [7, 11) is 0. The van der Waals surface area contributed by atoms with Crippen molar-refractivity contribution in [2.75, 3.05) is 0 Å². The second kappa shape index (κ2) is 8.31. The minimum atomic E-state index is -0.460. The molecule has 0 unspecified atom stereocenters. The van der Waals surface area contributed by atoms with E-state index in [1.807, 2.05) is 12.1 Å². The number of hydrogen-bond acceptors (Lipinski definition) is 4. The highest BCUT2D eigenvalue weighted by Crippen LogP contribution is 2.34. The second-order valence-electron chi connectivity index (χ2n) is 5.26. The van der Waals surface area contributed by atoms with Gasteiger partial charge < -0.3 is 9.73 Å². The highest BCUT2D eigenvalue weighted by atomic mass is 35.5. The number of halogens is 2. The molecule has 0 aliphatic carbocycles. The van der Waals surface area contributed by atoms with Crippen molar-refractivity contribution >= 4 is 46.4 Å². The van der Waals surface area contributed by atoms with Crippen LogP contribution in [0.2, 0.25) is 10.0 Å². The fourth-order valence-corrected chi connectivity index (χ4v) is 2.75. The van der Waals surface area contributed by atoms with Gasteiger partial charge in [-0.25, -0.2) is 0 Å². The zero-order valence-electron chi connectivity index (χ0n) is 13.3. The largest absolute Gasteiger partial charge is 0.451 e. The lowest BCUT2D eigenvalue weighted by Crippen LogP contribution is -2.38. The number of rotatable bonds is 4. The average molecular weight is 406 g/mol. The fraction of sp³-hybridized carbons (Fsp3) is 0.0556. The summed E-state index contributed by atoms with van der Waals surface area (Å²) in [6, 6.07) is 12.1. The monoisotopic (exact) mass is 405 g/mol. The molecule has 2 heterocycles. The quantitative estimate of drug-likeness (QED) is 0.627. The van der Waals surface area contributed by atoms with Crippen molar-refractivity contribution in [2.24, 2.45) is 0 Å². The van der Waals surface area contributed by atoms with E-state index >= 15 is 0 Å². The van der Waals surface area contributed by atoms with Gasteiger partial charge in [-0.3, -0.25) is 15.1 Å². The Morgan fingerprint density at radius 1 is 1.15 bits per heavy atom. The van der Waals surface area contributed by atoms with Crippen molar-refractivity contribution in [1.82, 2.24) is 15.6 Å². The van der Waals surface area contributed by atoms with Crippen LogP contribution in [0.15, 0.2) is 59.3 Å². The summed E-state index contributed by atoms with van der Waals surface area (Å²) in [5, 5.41) is 6.47. The number of aromatic nitrogens is 1. The summed E-state index contributed by atoms with van der Waals surface area (Å²) in [5.74, 6) is 0.0940. The van der Waals surface area contributed by atoms with E-state index in [4.69, 9.17) is 39.8 Å². The Bertz CT molecular complexity index is 945. The van der Waals surface area contributed by atoms with E-state index in [1.54, 1.807) is 42.7 Å². The van der Waals surface area contributed by atoms with Crippen LogP contribution in [0.25, 0.3) is 11.3 Å². The Hall–Kier alpha value is -2.41. The molecule has 8 heteroatoms. The van der Waals surface area contributed by atoms with Gasteiger partial charge in [0.1, 0.15) is 5.76 Å². The summed E-state index contributed by atoms with van der Waals surface area (Å²) in [5.41, 5.74) is 1.55. The topological polar surface area (TPSA) is 67.2 Å². The molecule has 0 saturated heterocycles. The zero-order chi connectivity index (χ0) is 18.5. The lowest BCUT2D eigenvalue weighted by molar-refractivity contribution is 0.0950. The van der Waals surface area contributed by atoms with Crippen molar-refractivity contribution in [1.29, 1.82) is 0 Å². The van der Waals surface area contributed by atoms with Crippen LogP contribution in [0, 0.1) is 0 Å². The van der Waals surface area contributed by atoms with E-state index in [0.29, 0.717) is 27.9 Å². The zero-order valence-corrected chi connectivity index (χ0v) is 15.7. The number of carbonyl (C=O) groups is 1. The van der Waals surface area contributed by atoms with Crippen LogP contribution >= 0.6 is 35.4 Å². The van der Waals surface area contributed by atoms with Crippen LogP contribution < -0.4 is 10.6 Å². The maximum absolute atomic E-state index is 12.3. The van der Waals surface area contributed by atoms with Crippen molar-refractivity contribution < 1.29 is 9.21 Å². The first-order valence-electron chi connectivity index (χ1n) is 7.57. The predicted octanol–water partition coefficient (Wildman–Crippen LogP) is 4.45. The fourth-order valence-electron chi connectivity index (χ4n) is 2.19. The van der Waals surface area contributed by atoms with Crippen molar-refractivity contribution in [3.8, 4) is 11.3 Å². The standard InChI is InChI=1S/C18H13Cl2N3O2S/c19-13-5-1-4-12(16(13)20)14-6-7-15(25-14)17(24)23-18(26)22-10-11-3-2-8-21-9-11/h1-9H,10H2,(H2,22,23,24,26). The molecule has 0 fully saturated rings. The molecule has 0 radical (unpaired) electrons. The lowest BCUT2D eigenvalue weighted by Gasteiger charge is -2.08. The molecule has 0 spiro atoms. The molecule has 0 aliphatic heterocycles. The number of nitrogens with one attached hydrogen (secondary N) is 2. The van der Waals surface area contributed by atoms with Gasteiger partial charge in [0.15, 0.2) is 10.9 Å². The van der Waals surface area contributed by atoms with Crippen LogP contribution in [-0.4, -0.2) is 16.0 Å². The second-order valence-corrected chi connectivity index (χ2v) is 6.46. The van der Waals surface area contributed by atoms with Gasteiger partial charge in [0.05, 0.1) is 10.0 Å². The Morgan fingerprint density at radius 3 is 2.77 bits per heavy atom. The molecule has 3 aromatic rings. The third kappa shape index (κ3) is 4.40. The maximum Gasteiger partial charge on any atom is 0.293 e. The number of carbonyl (C=O) groups excluding carboxylic acids is 1. The number of benzene rings is 1. The van der Waals surface area contributed by atoms with Gasteiger partial charge in [-0.1, -0.05) is 35.3 Å². The van der Waals surface area contributed by atoms with Gasteiger partial charge in [0, 0.05) is 24.5 Å². The molecule has 0 bridgehead atoms. The van der Waals surface area contributed by atoms with Gasteiger partial charge in [0.2, 0.25) is 0 Å². The first-order chi connectivity index (χ1) is 12.5. The Kier molecular flexibility index (Phi) is 5.88. The lowest BCUT2D eigenvalue weighted by atomic mass is 10.2. The molecule has 1 amide bonds. The minimum Gasteiger partial charge on any atom is -0.451 e. The summed E-state index contributed by atoms with van der Waals surface area (Å²) in [6.07, 6.45) is 3.40. The summed E-state index contributed by atoms with van der Waals surface area (Å²) in [4.78, 5) is 16.3. The summed E-state index contributed by atoms with van der Waals surface area (Å²) < 4.78 is 5.58. The predicted molar refractivity (Wildman–Crippen MR) is 105 cm³/mol. The van der Waals surface area contributed by atoms with Crippen molar-refractivity contribution in [3.05, 3.63) is 76.2 Å². The van der Waals surface area contributed by atoms with Gasteiger partial charge in [-0.05, 0) is 48.1 Å².